The average Bonchev–Trinajstić information content (AvgIpc) is 3.33. The van der Waals surface area contributed by atoms with E-state index in [1.165, 1.54) is 6.42 Å². The summed E-state index contributed by atoms with van der Waals surface area (Å²) >= 11 is 0. The van der Waals surface area contributed by atoms with Crippen LogP contribution < -0.4 is 9.47 Å². The maximum Gasteiger partial charge on any atom is 0.231 e. The first-order valence-corrected chi connectivity index (χ1v) is 9.82. The van der Waals surface area contributed by atoms with Crippen molar-refractivity contribution in [2.24, 2.45) is 0 Å². The fourth-order valence-electron chi connectivity index (χ4n) is 3.52. The van der Waals surface area contributed by atoms with E-state index in [1.54, 1.807) is 4.90 Å². The topological polar surface area (TPSA) is 74.0 Å². The Morgan fingerprint density at radius 2 is 2.11 bits per heavy atom. The van der Waals surface area contributed by atoms with Gasteiger partial charge in [0.2, 0.25) is 18.6 Å². The van der Waals surface area contributed by atoms with Gasteiger partial charge < -0.3 is 23.5 Å². The second-order valence-corrected chi connectivity index (χ2v) is 7.36. The maximum atomic E-state index is 12.6. The van der Waals surface area contributed by atoms with Gasteiger partial charge >= 0.3 is 0 Å². The van der Waals surface area contributed by atoms with Gasteiger partial charge in [0.1, 0.15) is 5.76 Å². The van der Waals surface area contributed by atoms with Gasteiger partial charge in [0.25, 0.3) is 0 Å². The zero-order valence-corrected chi connectivity index (χ0v) is 16.4. The lowest BCUT2D eigenvalue weighted by Gasteiger charge is -2.25. The molecule has 7 heteroatoms. The van der Waals surface area contributed by atoms with Crippen LogP contribution in [0.4, 0.5) is 0 Å². The van der Waals surface area contributed by atoms with Gasteiger partial charge in [0, 0.05) is 25.8 Å². The molecule has 1 unspecified atom stereocenters. The number of fused-ring (bicyclic) bond motifs is 1. The second kappa shape index (κ2) is 8.22. The lowest BCUT2D eigenvalue weighted by Crippen LogP contribution is -2.32. The normalized spacial score (nSPS) is 18.3. The molecule has 1 amide bonds. The van der Waals surface area contributed by atoms with Crippen molar-refractivity contribution in [3.05, 3.63) is 29.7 Å². The lowest BCUT2D eigenvalue weighted by atomic mass is 10.1. The summed E-state index contributed by atoms with van der Waals surface area (Å²) in [5.41, 5.74) is 1.47. The number of oxazole rings is 1. The minimum atomic E-state index is 0.0319. The third kappa shape index (κ3) is 4.14. The highest BCUT2D eigenvalue weighted by molar-refractivity contribution is 5.78. The standard InChI is InChI=1S/C21H26N2O5/c1-14-17(12-20(24)23(2)9-8-16-5-3-4-10-25-16)22-21(28-14)15-6-7-18-19(11-15)27-13-26-18/h6-7,11,16H,3-5,8-10,12-13H2,1-2H3. The summed E-state index contributed by atoms with van der Waals surface area (Å²) < 4.78 is 22.3. The Morgan fingerprint density at radius 1 is 1.25 bits per heavy atom. The number of aryl methyl sites for hydroxylation is 1. The summed E-state index contributed by atoms with van der Waals surface area (Å²) in [6.45, 7) is 3.59. The van der Waals surface area contributed by atoms with Crippen LogP contribution in [0.2, 0.25) is 0 Å². The van der Waals surface area contributed by atoms with E-state index in [1.807, 2.05) is 32.2 Å². The molecule has 1 saturated heterocycles. The molecule has 150 valence electrons. The highest BCUT2D eigenvalue weighted by Gasteiger charge is 2.21. The van der Waals surface area contributed by atoms with Crippen LogP contribution >= 0.6 is 0 Å². The first kappa shape index (κ1) is 18.8. The SMILES string of the molecule is Cc1oc(-c2ccc3c(c2)OCO3)nc1CC(=O)N(C)CCC1CCCCO1. The van der Waals surface area contributed by atoms with Crippen LogP contribution in [0.3, 0.4) is 0 Å². The van der Waals surface area contributed by atoms with Gasteiger partial charge in [-0.3, -0.25) is 4.79 Å². The summed E-state index contributed by atoms with van der Waals surface area (Å²) in [6, 6.07) is 5.55. The van der Waals surface area contributed by atoms with Crippen molar-refractivity contribution in [3.8, 4) is 23.0 Å². The van der Waals surface area contributed by atoms with Gasteiger partial charge in [-0.2, -0.15) is 0 Å². The molecule has 28 heavy (non-hydrogen) atoms. The Kier molecular flexibility index (Phi) is 5.52. The van der Waals surface area contributed by atoms with Crippen LogP contribution in [0, 0.1) is 6.92 Å². The highest BCUT2D eigenvalue weighted by atomic mass is 16.7. The number of nitrogens with zero attached hydrogens (tertiary/aromatic N) is 2. The van der Waals surface area contributed by atoms with E-state index in [4.69, 9.17) is 18.6 Å². The number of rotatable bonds is 6. The van der Waals surface area contributed by atoms with E-state index in [-0.39, 0.29) is 25.2 Å². The van der Waals surface area contributed by atoms with Crippen LogP contribution in [0.5, 0.6) is 11.5 Å². The first-order chi connectivity index (χ1) is 13.6. The molecule has 2 aromatic rings. The van der Waals surface area contributed by atoms with E-state index in [9.17, 15) is 4.79 Å². The van der Waals surface area contributed by atoms with Crippen molar-refractivity contribution in [1.82, 2.24) is 9.88 Å². The molecule has 1 fully saturated rings. The fourth-order valence-corrected chi connectivity index (χ4v) is 3.52. The smallest absolute Gasteiger partial charge is 0.231 e. The number of ether oxygens (including phenoxy) is 3. The van der Waals surface area contributed by atoms with Gasteiger partial charge in [-0.15, -0.1) is 0 Å². The van der Waals surface area contributed by atoms with Crippen molar-refractivity contribution < 1.29 is 23.4 Å². The number of aromatic nitrogens is 1. The van der Waals surface area contributed by atoms with Crippen LogP contribution in [0.25, 0.3) is 11.5 Å². The molecule has 0 spiro atoms. The Morgan fingerprint density at radius 3 is 2.93 bits per heavy atom. The summed E-state index contributed by atoms with van der Waals surface area (Å²) in [7, 11) is 1.83. The Labute approximate surface area is 164 Å². The Bertz CT molecular complexity index is 841. The molecule has 2 aliphatic rings. The number of amides is 1. The molecule has 4 rings (SSSR count). The number of likely N-dealkylation sites (N-methyl/N-ethyl adjacent to an activating group) is 1. The Hall–Kier alpha value is -2.54. The largest absolute Gasteiger partial charge is 0.454 e. The van der Waals surface area contributed by atoms with Gasteiger partial charge in [-0.1, -0.05) is 0 Å². The minimum Gasteiger partial charge on any atom is -0.454 e. The molecular weight excluding hydrogens is 360 g/mol. The van der Waals surface area contributed by atoms with Gasteiger partial charge in [0.05, 0.1) is 18.2 Å². The van der Waals surface area contributed by atoms with E-state index in [2.05, 4.69) is 4.98 Å². The molecule has 0 radical (unpaired) electrons. The molecule has 1 atom stereocenters. The third-order valence-corrected chi connectivity index (χ3v) is 5.32. The van der Waals surface area contributed by atoms with Crippen molar-refractivity contribution in [2.45, 2.75) is 45.1 Å². The molecular formula is C21H26N2O5. The fraction of sp³-hybridized carbons (Fsp3) is 0.524. The molecule has 2 aliphatic heterocycles. The first-order valence-electron chi connectivity index (χ1n) is 9.82. The van der Waals surface area contributed by atoms with E-state index >= 15 is 0 Å². The molecule has 0 saturated carbocycles. The predicted octanol–water partition coefficient (Wildman–Crippen LogP) is 3.34. The summed E-state index contributed by atoms with van der Waals surface area (Å²) in [5.74, 6) is 2.56. The van der Waals surface area contributed by atoms with Gasteiger partial charge in [0.15, 0.2) is 11.5 Å². The molecule has 3 heterocycles. The van der Waals surface area contributed by atoms with Crippen LogP contribution in [-0.2, 0) is 16.0 Å². The number of benzene rings is 1. The van der Waals surface area contributed by atoms with E-state index in [0.717, 1.165) is 31.4 Å². The molecule has 0 aliphatic carbocycles. The van der Waals surface area contributed by atoms with Crippen molar-refractivity contribution >= 4 is 5.91 Å². The van der Waals surface area contributed by atoms with Gasteiger partial charge in [-0.25, -0.2) is 4.98 Å². The van der Waals surface area contributed by atoms with Crippen LogP contribution in [0.15, 0.2) is 22.6 Å². The van der Waals surface area contributed by atoms with Gasteiger partial charge in [-0.05, 0) is 50.8 Å². The number of hydrogen-bond donors (Lipinski definition) is 0. The maximum absolute atomic E-state index is 12.6. The monoisotopic (exact) mass is 386 g/mol. The zero-order valence-electron chi connectivity index (χ0n) is 16.4. The molecule has 1 aromatic heterocycles. The Balaban J connectivity index is 1.37. The van der Waals surface area contributed by atoms with Crippen LogP contribution in [0.1, 0.15) is 37.1 Å². The average molecular weight is 386 g/mol. The van der Waals surface area contributed by atoms with E-state index < -0.39 is 0 Å². The number of carbonyl (C=O) groups is 1. The lowest BCUT2D eigenvalue weighted by molar-refractivity contribution is -0.129. The molecule has 7 nitrogen and oxygen atoms in total. The van der Waals surface area contributed by atoms with Crippen molar-refractivity contribution in [2.75, 3.05) is 27.0 Å². The highest BCUT2D eigenvalue weighted by Crippen LogP contribution is 2.36. The third-order valence-electron chi connectivity index (χ3n) is 5.32. The molecule has 0 N–H and O–H groups in total. The second-order valence-electron chi connectivity index (χ2n) is 7.36. The molecule has 1 aromatic carbocycles. The number of hydrogen-bond acceptors (Lipinski definition) is 6. The summed E-state index contributed by atoms with van der Waals surface area (Å²) in [6.07, 6.45) is 4.81. The van der Waals surface area contributed by atoms with Crippen molar-refractivity contribution in [1.29, 1.82) is 0 Å². The number of carbonyl (C=O) groups excluding carboxylic acids is 1. The summed E-state index contributed by atoms with van der Waals surface area (Å²) in [5, 5.41) is 0. The molecule has 0 bridgehead atoms. The van der Waals surface area contributed by atoms with E-state index in [0.29, 0.717) is 35.4 Å². The quantitative estimate of drug-likeness (QED) is 0.758. The summed E-state index contributed by atoms with van der Waals surface area (Å²) in [4.78, 5) is 18.9. The zero-order chi connectivity index (χ0) is 19.5. The van der Waals surface area contributed by atoms with Crippen molar-refractivity contribution in [3.63, 3.8) is 0 Å². The predicted molar refractivity (Wildman–Crippen MR) is 102 cm³/mol. The minimum absolute atomic E-state index is 0.0319. The van der Waals surface area contributed by atoms with Crippen LogP contribution in [-0.4, -0.2) is 48.9 Å².